The first-order valence-electron chi connectivity index (χ1n) is 12.9. The van der Waals surface area contributed by atoms with Crippen molar-refractivity contribution in [3.05, 3.63) is 130 Å². The van der Waals surface area contributed by atoms with Gasteiger partial charge in [0.1, 0.15) is 0 Å². The van der Waals surface area contributed by atoms with Crippen molar-refractivity contribution in [3.63, 3.8) is 0 Å². The molecule has 6 aromatic rings. The molecule has 0 atom stereocenters. The van der Waals surface area contributed by atoms with Crippen LogP contribution in [0.2, 0.25) is 0 Å². The molecule has 0 amide bonds. The van der Waals surface area contributed by atoms with Crippen LogP contribution in [0, 0.1) is 0 Å². The largest absolute Gasteiger partial charge is 0.355 e. The Morgan fingerprint density at radius 3 is 2.08 bits per heavy atom. The first-order valence-corrected chi connectivity index (χ1v) is 12.9. The average Bonchev–Trinajstić information content (AvgIpc) is 3.55. The number of benzene rings is 5. The highest BCUT2D eigenvalue weighted by Gasteiger charge is 2.52. The van der Waals surface area contributed by atoms with Crippen molar-refractivity contribution in [2.24, 2.45) is 0 Å². The molecule has 36 heavy (non-hydrogen) atoms. The molecule has 0 fully saturated rings. The summed E-state index contributed by atoms with van der Waals surface area (Å²) < 4.78 is 0. The standard InChI is InChI=1S/C35H23N/c1-2-10-22-21(9-1)17-18-30-34(22)27-19-26-25-13-5-8-16-32(25)36-33(26)20-31(27)35(30)28-14-6-3-11-23(28)24-12-4-7-15-29(24)35/h3-20,36H,1-2H2. The maximum Gasteiger partial charge on any atom is 0.0726 e. The van der Waals surface area contributed by atoms with Crippen molar-refractivity contribution >= 4 is 34.0 Å². The normalized spacial score (nSPS) is 15.7. The number of hydrogen-bond acceptors (Lipinski definition) is 0. The third-order valence-corrected chi connectivity index (χ3v) is 8.83. The van der Waals surface area contributed by atoms with E-state index in [4.69, 9.17) is 0 Å². The Bertz CT molecular complexity index is 2010. The number of H-pyrrole nitrogens is 1. The van der Waals surface area contributed by atoms with E-state index in [0.717, 1.165) is 12.8 Å². The summed E-state index contributed by atoms with van der Waals surface area (Å²) in [5.41, 5.74) is 13.3. The molecule has 1 heteroatoms. The van der Waals surface area contributed by atoms with Crippen molar-refractivity contribution in [1.29, 1.82) is 0 Å². The van der Waals surface area contributed by atoms with Gasteiger partial charge in [-0.15, -0.1) is 0 Å². The lowest BCUT2D eigenvalue weighted by molar-refractivity contribution is 0.794. The van der Waals surface area contributed by atoms with Crippen molar-refractivity contribution in [3.8, 4) is 22.3 Å². The molecule has 1 heterocycles. The van der Waals surface area contributed by atoms with Crippen molar-refractivity contribution in [2.45, 2.75) is 18.3 Å². The van der Waals surface area contributed by atoms with Crippen LogP contribution in [0.5, 0.6) is 0 Å². The average molecular weight is 458 g/mol. The molecule has 9 rings (SSSR count). The van der Waals surface area contributed by atoms with Crippen LogP contribution in [-0.2, 0) is 5.41 Å². The van der Waals surface area contributed by atoms with Crippen molar-refractivity contribution < 1.29 is 0 Å². The highest BCUT2D eigenvalue weighted by atomic mass is 14.7. The number of nitrogens with one attached hydrogen (secondary N) is 1. The predicted molar refractivity (Wildman–Crippen MR) is 150 cm³/mol. The molecule has 0 unspecified atom stereocenters. The van der Waals surface area contributed by atoms with E-state index in [9.17, 15) is 0 Å². The number of rotatable bonds is 0. The van der Waals surface area contributed by atoms with E-state index in [1.165, 1.54) is 76.8 Å². The number of para-hydroxylation sites is 1. The maximum atomic E-state index is 3.74. The first-order chi connectivity index (χ1) is 17.9. The highest BCUT2D eigenvalue weighted by molar-refractivity contribution is 6.10. The van der Waals surface area contributed by atoms with Crippen molar-refractivity contribution in [2.75, 3.05) is 0 Å². The monoisotopic (exact) mass is 457 g/mol. The van der Waals surface area contributed by atoms with Gasteiger partial charge in [0, 0.05) is 21.8 Å². The fraction of sp³-hybridized carbons (Fsp3) is 0.0857. The Morgan fingerprint density at radius 2 is 1.25 bits per heavy atom. The zero-order valence-electron chi connectivity index (χ0n) is 19.8. The summed E-state index contributed by atoms with van der Waals surface area (Å²) in [6.07, 6.45) is 7.12. The van der Waals surface area contributed by atoms with Crippen LogP contribution in [0.1, 0.15) is 35.1 Å². The first kappa shape index (κ1) is 18.9. The van der Waals surface area contributed by atoms with Crippen LogP contribution in [0.4, 0.5) is 0 Å². The van der Waals surface area contributed by atoms with Crippen LogP contribution in [-0.4, -0.2) is 4.98 Å². The third-order valence-electron chi connectivity index (χ3n) is 8.83. The summed E-state index contributed by atoms with van der Waals surface area (Å²) in [4.78, 5) is 3.74. The molecule has 0 saturated carbocycles. The summed E-state index contributed by atoms with van der Waals surface area (Å²) in [6.45, 7) is 0. The van der Waals surface area contributed by atoms with Crippen molar-refractivity contribution in [1.82, 2.24) is 4.98 Å². The molecule has 1 N–H and O–H groups in total. The molecular formula is C35H23N. The second kappa shape index (κ2) is 6.44. The number of aromatic amines is 1. The van der Waals surface area contributed by atoms with Gasteiger partial charge in [0.2, 0.25) is 0 Å². The second-order valence-electron chi connectivity index (χ2n) is 10.4. The topological polar surface area (TPSA) is 15.8 Å². The van der Waals surface area contributed by atoms with E-state index in [2.05, 4.69) is 114 Å². The second-order valence-corrected chi connectivity index (χ2v) is 10.4. The molecule has 1 nitrogen and oxygen atoms in total. The summed E-state index contributed by atoms with van der Waals surface area (Å²) in [6, 6.07) is 36.5. The summed E-state index contributed by atoms with van der Waals surface area (Å²) in [5.74, 6) is 0. The van der Waals surface area contributed by atoms with Gasteiger partial charge in [0.15, 0.2) is 0 Å². The number of hydrogen-bond donors (Lipinski definition) is 1. The van der Waals surface area contributed by atoms with E-state index in [-0.39, 0.29) is 5.41 Å². The Labute approximate surface area is 209 Å². The van der Waals surface area contributed by atoms with Crippen LogP contribution >= 0.6 is 0 Å². The molecule has 5 aromatic carbocycles. The predicted octanol–water partition coefficient (Wildman–Crippen LogP) is 7.02. The molecule has 0 saturated heterocycles. The number of aromatic nitrogens is 1. The molecule has 1 spiro atoms. The van der Waals surface area contributed by atoms with Gasteiger partial charge >= 0.3 is 0 Å². The van der Waals surface area contributed by atoms with Gasteiger partial charge < -0.3 is 4.98 Å². The van der Waals surface area contributed by atoms with Crippen LogP contribution in [0.25, 0.3) is 56.2 Å². The Morgan fingerprint density at radius 1 is 0.528 bits per heavy atom. The zero-order chi connectivity index (χ0) is 23.4. The summed E-state index contributed by atoms with van der Waals surface area (Å²) >= 11 is 0. The minimum Gasteiger partial charge on any atom is -0.355 e. The van der Waals surface area contributed by atoms with Crippen LogP contribution < -0.4 is 10.4 Å². The Kier molecular flexibility index (Phi) is 3.38. The lowest BCUT2D eigenvalue weighted by Crippen LogP contribution is -2.32. The minimum absolute atomic E-state index is 0.302. The highest BCUT2D eigenvalue weighted by Crippen LogP contribution is 2.62. The van der Waals surface area contributed by atoms with Crippen LogP contribution in [0.3, 0.4) is 0 Å². The fourth-order valence-corrected chi connectivity index (χ4v) is 7.48. The minimum atomic E-state index is -0.302. The van der Waals surface area contributed by atoms with E-state index in [0.29, 0.717) is 0 Å². The van der Waals surface area contributed by atoms with Gasteiger partial charge in [-0.05, 0) is 86.0 Å². The maximum absolute atomic E-state index is 3.74. The van der Waals surface area contributed by atoms with Gasteiger partial charge in [-0.3, -0.25) is 0 Å². The molecule has 3 aliphatic carbocycles. The molecule has 1 aromatic heterocycles. The Balaban J connectivity index is 1.55. The quantitative estimate of drug-likeness (QED) is 0.252. The van der Waals surface area contributed by atoms with Gasteiger partial charge in [-0.2, -0.15) is 0 Å². The van der Waals surface area contributed by atoms with E-state index >= 15 is 0 Å². The van der Waals surface area contributed by atoms with Gasteiger partial charge in [0.25, 0.3) is 0 Å². The van der Waals surface area contributed by atoms with Gasteiger partial charge in [-0.25, -0.2) is 0 Å². The molecule has 0 aliphatic heterocycles. The smallest absolute Gasteiger partial charge is 0.0726 e. The van der Waals surface area contributed by atoms with Gasteiger partial charge in [-0.1, -0.05) is 91.0 Å². The lowest BCUT2D eigenvalue weighted by atomic mass is 9.70. The number of fused-ring (bicyclic) bond motifs is 15. The third kappa shape index (κ3) is 2.06. The molecule has 0 bridgehead atoms. The van der Waals surface area contributed by atoms with E-state index in [1.54, 1.807) is 0 Å². The molecule has 168 valence electrons. The molecular weight excluding hydrogens is 434 g/mol. The Hall–Kier alpha value is -4.36. The summed E-state index contributed by atoms with van der Waals surface area (Å²) in [5, 5.41) is 5.40. The fourth-order valence-electron chi connectivity index (χ4n) is 7.48. The zero-order valence-corrected chi connectivity index (χ0v) is 19.8. The van der Waals surface area contributed by atoms with Gasteiger partial charge in [0.05, 0.1) is 5.41 Å². The van der Waals surface area contributed by atoms with E-state index < -0.39 is 0 Å². The molecule has 3 aliphatic rings. The van der Waals surface area contributed by atoms with Crippen LogP contribution in [0.15, 0.2) is 97.1 Å². The van der Waals surface area contributed by atoms with E-state index in [1.807, 2.05) is 0 Å². The SMILES string of the molecule is C1=c2ccc3c(c2=CCC1)-c1cc2c(cc1C31c3ccccc3-c3ccccc31)[nH]c1ccccc12. The summed E-state index contributed by atoms with van der Waals surface area (Å²) in [7, 11) is 0. The molecule has 0 radical (unpaired) electrons. The lowest BCUT2D eigenvalue weighted by Gasteiger charge is -2.30.